The van der Waals surface area contributed by atoms with E-state index < -0.39 is 39.8 Å². The third kappa shape index (κ3) is 3.76. The van der Waals surface area contributed by atoms with Crippen molar-refractivity contribution in [3.8, 4) is 22.5 Å². The molecule has 0 radical (unpaired) electrons. The molecule has 0 aliphatic heterocycles. The zero-order valence-electron chi connectivity index (χ0n) is 22.6. The average molecular weight is 728 g/mol. The van der Waals surface area contributed by atoms with Crippen LogP contribution in [0.4, 0.5) is 22.0 Å². The summed E-state index contributed by atoms with van der Waals surface area (Å²) in [6.07, 6.45) is -3.43. The van der Waals surface area contributed by atoms with E-state index in [1.807, 2.05) is 12.1 Å². The monoisotopic (exact) mass is 727 g/mol. The molecular formula is C32H25F5N2Pt. The molecule has 8 heteroatoms. The standard InChI is InChI=1S/C32H25F5N2.Pt/c1-29(2)19-8-7-13-38-27(19)16-14-17-22(15-21(16)29)30(3,4)20-10-12-24(39-28(17)20)31(5,6)18-9-11-23(33)25(26(18)34)32(35,36)37;/h7-8,10-13,15H,1-6H3;/q-2;+2. The molecule has 2 nitrogen and oxygen atoms in total. The van der Waals surface area contributed by atoms with Crippen molar-refractivity contribution in [2.24, 2.45) is 0 Å². The van der Waals surface area contributed by atoms with Gasteiger partial charge in [-0.3, -0.25) is 18.7 Å². The Morgan fingerprint density at radius 3 is 2.05 bits per heavy atom. The maximum absolute atomic E-state index is 15.2. The number of pyridine rings is 2. The second-order valence-corrected chi connectivity index (χ2v) is 11.9. The van der Waals surface area contributed by atoms with E-state index in [-0.39, 0.29) is 26.5 Å². The Kier molecular flexibility index (Phi) is 6.28. The van der Waals surface area contributed by atoms with Crippen molar-refractivity contribution in [3.63, 3.8) is 0 Å². The van der Waals surface area contributed by atoms with Crippen molar-refractivity contribution in [2.75, 3.05) is 0 Å². The van der Waals surface area contributed by atoms with Crippen LogP contribution in [0.15, 0.2) is 42.6 Å². The Hall–Kier alpha value is -2.92. The van der Waals surface area contributed by atoms with Gasteiger partial charge in [0, 0.05) is 45.9 Å². The summed E-state index contributed by atoms with van der Waals surface area (Å²) in [6, 6.07) is 16.3. The molecular weight excluding hydrogens is 702 g/mol. The summed E-state index contributed by atoms with van der Waals surface area (Å²) in [6.45, 7) is 11.6. The zero-order valence-corrected chi connectivity index (χ0v) is 24.9. The van der Waals surface area contributed by atoms with E-state index in [9.17, 15) is 17.6 Å². The van der Waals surface area contributed by atoms with Crippen LogP contribution >= 0.6 is 0 Å². The summed E-state index contributed by atoms with van der Waals surface area (Å²) in [5, 5.41) is 0. The van der Waals surface area contributed by atoms with Gasteiger partial charge < -0.3 is 0 Å². The molecule has 2 aliphatic carbocycles. The molecule has 0 unspecified atom stereocenters. The predicted molar refractivity (Wildman–Crippen MR) is 138 cm³/mol. The SMILES string of the molecule is CC(C)(c1ccc2c(n1)-c1[c-]c3c(cc1C2(C)C)C(C)(C)c1cccnc1-3)c1[c-]cc(F)c(C(F)(F)F)c1F.[Pt+2]. The summed E-state index contributed by atoms with van der Waals surface area (Å²) < 4.78 is 69.6. The van der Waals surface area contributed by atoms with Crippen LogP contribution < -0.4 is 0 Å². The van der Waals surface area contributed by atoms with E-state index in [0.29, 0.717) is 17.5 Å². The van der Waals surface area contributed by atoms with Crippen LogP contribution in [-0.4, -0.2) is 9.97 Å². The second kappa shape index (κ2) is 8.79. The molecule has 0 fully saturated rings. The molecule has 6 rings (SSSR count). The Bertz CT molecular complexity index is 1700. The molecule has 0 spiro atoms. The molecule has 40 heavy (non-hydrogen) atoms. The van der Waals surface area contributed by atoms with Gasteiger partial charge in [-0.1, -0.05) is 87.1 Å². The largest absolute Gasteiger partial charge is 2.00 e. The predicted octanol–water partition coefficient (Wildman–Crippen LogP) is 8.31. The molecule has 0 atom stereocenters. The molecule has 0 bridgehead atoms. The number of aromatic nitrogens is 2. The maximum Gasteiger partial charge on any atom is 2.00 e. The van der Waals surface area contributed by atoms with Gasteiger partial charge in [0.05, 0.1) is 0 Å². The van der Waals surface area contributed by atoms with Crippen molar-refractivity contribution < 1.29 is 43.0 Å². The maximum atomic E-state index is 15.2. The van der Waals surface area contributed by atoms with E-state index in [1.165, 1.54) is 0 Å². The summed E-state index contributed by atoms with van der Waals surface area (Å²) in [7, 11) is 0. The Balaban J connectivity index is 0.00000323. The van der Waals surface area contributed by atoms with Gasteiger partial charge in [0.2, 0.25) is 0 Å². The number of rotatable bonds is 2. The molecule has 0 N–H and O–H groups in total. The topological polar surface area (TPSA) is 25.8 Å². The Morgan fingerprint density at radius 2 is 1.43 bits per heavy atom. The van der Waals surface area contributed by atoms with Crippen LogP contribution in [0.3, 0.4) is 0 Å². The molecule has 0 saturated heterocycles. The number of alkyl halides is 3. The van der Waals surface area contributed by atoms with Crippen molar-refractivity contribution in [2.45, 2.75) is 64.0 Å². The number of fused-ring (bicyclic) bond motifs is 6. The number of benzene rings is 2. The Morgan fingerprint density at radius 1 is 0.825 bits per heavy atom. The van der Waals surface area contributed by atoms with E-state index in [1.54, 1.807) is 26.1 Å². The fourth-order valence-electron chi connectivity index (χ4n) is 6.15. The Labute approximate surface area is 244 Å². The van der Waals surface area contributed by atoms with Crippen LogP contribution in [-0.2, 0) is 43.5 Å². The van der Waals surface area contributed by atoms with Gasteiger partial charge in [-0.2, -0.15) is 19.2 Å². The molecule has 0 amide bonds. The van der Waals surface area contributed by atoms with Gasteiger partial charge in [-0.05, 0) is 23.0 Å². The minimum atomic E-state index is -5.18. The first kappa shape index (κ1) is 28.6. The number of hydrogen-bond acceptors (Lipinski definition) is 2. The van der Waals surface area contributed by atoms with Crippen LogP contribution in [0.5, 0.6) is 0 Å². The summed E-state index contributed by atoms with van der Waals surface area (Å²) in [4.78, 5) is 9.53. The van der Waals surface area contributed by atoms with Crippen LogP contribution in [0, 0.1) is 23.8 Å². The van der Waals surface area contributed by atoms with E-state index in [0.717, 1.165) is 39.1 Å². The number of halogens is 5. The zero-order chi connectivity index (χ0) is 28.3. The number of hydrogen-bond donors (Lipinski definition) is 0. The van der Waals surface area contributed by atoms with E-state index in [4.69, 9.17) is 4.98 Å². The van der Waals surface area contributed by atoms with Gasteiger partial charge in [-0.25, -0.2) is 0 Å². The summed E-state index contributed by atoms with van der Waals surface area (Å²) in [5.41, 5.74) is 3.42. The summed E-state index contributed by atoms with van der Waals surface area (Å²) in [5.74, 6) is -3.37. The summed E-state index contributed by atoms with van der Waals surface area (Å²) >= 11 is 0. The third-order valence-corrected chi connectivity index (χ3v) is 8.52. The molecule has 2 aromatic carbocycles. The van der Waals surface area contributed by atoms with Gasteiger partial charge in [0.25, 0.3) is 0 Å². The van der Waals surface area contributed by atoms with Crippen molar-refractivity contribution in [1.82, 2.24) is 9.97 Å². The fraction of sp³-hybridized carbons (Fsp3) is 0.312. The fourth-order valence-corrected chi connectivity index (χ4v) is 6.15. The van der Waals surface area contributed by atoms with E-state index in [2.05, 4.69) is 56.9 Å². The second-order valence-electron chi connectivity index (χ2n) is 11.9. The normalized spacial score (nSPS) is 16.1. The number of nitrogens with zero attached hydrogens (tertiary/aromatic N) is 2. The molecule has 208 valence electrons. The quantitative estimate of drug-likeness (QED) is 0.154. The average Bonchev–Trinajstić information content (AvgIpc) is 3.21. The third-order valence-electron chi connectivity index (χ3n) is 8.52. The van der Waals surface area contributed by atoms with Crippen LogP contribution in [0.1, 0.15) is 80.6 Å². The van der Waals surface area contributed by atoms with E-state index >= 15 is 4.39 Å². The minimum Gasteiger partial charge on any atom is -0.295 e. The van der Waals surface area contributed by atoms with Crippen LogP contribution in [0.2, 0.25) is 0 Å². The minimum absolute atomic E-state index is 0. The molecule has 2 heterocycles. The van der Waals surface area contributed by atoms with Gasteiger partial charge >= 0.3 is 27.2 Å². The first-order valence-electron chi connectivity index (χ1n) is 12.6. The van der Waals surface area contributed by atoms with Crippen LogP contribution in [0.25, 0.3) is 22.5 Å². The molecule has 0 saturated carbocycles. The molecule has 4 aromatic rings. The first-order valence-corrected chi connectivity index (χ1v) is 12.6. The van der Waals surface area contributed by atoms with Gasteiger partial charge in [0.15, 0.2) is 0 Å². The molecule has 2 aliphatic rings. The first-order chi connectivity index (χ1) is 18.1. The van der Waals surface area contributed by atoms with Crippen molar-refractivity contribution in [3.05, 3.63) is 105 Å². The van der Waals surface area contributed by atoms with Gasteiger partial charge in [0.1, 0.15) is 0 Å². The smallest absolute Gasteiger partial charge is 0.295 e. The molecule has 2 aromatic heterocycles. The van der Waals surface area contributed by atoms with Gasteiger partial charge in [-0.15, -0.1) is 23.8 Å². The van der Waals surface area contributed by atoms with Crippen molar-refractivity contribution >= 4 is 0 Å². The van der Waals surface area contributed by atoms with Crippen molar-refractivity contribution in [1.29, 1.82) is 0 Å².